The van der Waals surface area contributed by atoms with Gasteiger partial charge in [0.25, 0.3) is 0 Å². The Labute approximate surface area is 168 Å². The lowest BCUT2D eigenvalue weighted by molar-refractivity contribution is 0.109. The molecule has 2 heterocycles. The summed E-state index contributed by atoms with van der Waals surface area (Å²) in [4.78, 5) is 14.4. The number of ether oxygens (including phenoxy) is 2. The first kappa shape index (κ1) is 18.9. The Morgan fingerprint density at radius 1 is 1.36 bits per heavy atom. The van der Waals surface area contributed by atoms with Gasteiger partial charge < -0.3 is 19.7 Å². The van der Waals surface area contributed by atoms with Crippen molar-refractivity contribution in [3.8, 4) is 11.5 Å². The Morgan fingerprint density at radius 3 is 2.96 bits per heavy atom. The van der Waals surface area contributed by atoms with Gasteiger partial charge in [-0.25, -0.2) is 9.18 Å². The number of rotatable bonds is 2. The standard InChI is InChI=1S/C21H22ClFN2O3/c1-12(2)27-21(26)24-16-7-4-10-25-17-11-13(22)8-9-18(17)28-20-14(19(16)25)5-3-6-15(20)23/h3,5-6,8-9,11-12,16,19H,4,7,10H2,1-2H3,(H,24,26)/t16-,19-/m0/s1. The number of alkyl carbamates (subject to hydrolysis) is 1. The lowest BCUT2D eigenvalue weighted by atomic mass is 9.89. The summed E-state index contributed by atoms with van der Waals surface area (Å²) < 4.78 is 25.9. The van der Waals surface area contributed by atoms with Crippen LogP contribution in [-0.4, -0.2) is 24.8 Å². The van der Waals surface area contributed by atoms with Crippen molar-refractivity contribution in [2.45, 2.75) is 44.9 Å². The van der Waals surface area contributed by atoms with E-state index in [2.05, 4.69) is 10.2 Å². The molecule has 0 unspecified atom stereocenters. The first-order chi connectivity index (χ1) is 13.4. The maximum Gasteiger partial charge on any atom is 0.407 e. The molecule has 148 valence electrons. The Morgan fingerprint density at radius 2 is 2.18 bits per heavy atom. The highest BCUT2D eigenvalue weighted by molar-refractivity contribution is 6.31. The van der Waals surface area contributed by atoms with E-state index in [1.807, 2.05) is 12.1 Å². The predicted molar refractivity (Wildman–Crippen MR) is 106 cm³/mol. The highest BCUT2D eigenvalue weighted by Gasteiger charge is 2.40. The number of halogens is 2. The van der Waals surface area contributed by atoms with E-state index in [1.165, 1.54) is 6.07 Å². The van der Waals surface area contributed by atoms with Crippen molar-refractivity contribution in [1.29, 1.82) is 0 Å². The fraction of sp³-hybridized carbons (Fsp3) is 0.381. The van der Waals surface area contributed by atoms with E-state index >= 15 is 0 Å². The second kappa shape index (κ2) is 7.51. The lowest BCUT2D eigenvalue weighted by Gasteiger charge is -2.42. The van der Waals surface area contributed by atoms with Crippen LogP contribution in [0.4, 0.5) is 14.9 Å². The van der Waals surface area contributed by atoms with E-state index in [4.69, 9.17) is 21.1 Å². The van der Waals surface area contributed by atoms with Crippen molar-refractivity contribution >= 4 is 23.4 Å². The molecule has 1 saturated heterocycles. The number of nitrogens with one attached hydrogen (secondary N) is 1. The Bertz CT molecular complexity index is 905. The number of anilines is 1. The Balaban J connectivity index is 1.80. The number of hydrogen-bond acceptors (Lipinski definition) is 4. The topological polar surface area (TPSA) is 50.8 Å². The second-order valence-electron chi connectivity index (χ2n) is 7.36. The van der Waals surface area contributed by atoms with Crippen molar-refractivity contribution in [3.63, 3.8) is 0 Å². The van der Waals surface area contributed by atoms with Crippen LogP contribution in [0, 0.1) is 5.82 Å². The van der Waals surface area contributed by atoms with E-state index < -0.39 is 11.9 Å². The van der Waals surface area contributed by atoms with E-state index in [0.717, 1.165) is 25.1 Å². The summed E-state index contributed by atoms with van der Waals surface area (Å²) >= 11 is 6.24. The van der Waals surface area contributed by atoms with Crippen LogP contribution in [0.3, 0.4) is 0 Å². The highest BCUT2D eigenvalue weighted by Crippen LogP contribution is 2.48. The minimum atomic E-state index is -0.476. The zero-order valence-corrected chi connectivity index (χ0v) is 16.5. The quantitative estimate of drug-likeness (QED) is 0.725. The van der Waals surface area contributed by atoms with Gasteiger partial charge in [0, 0.05) is 17.1 Å². The van der Waals surface area contributed by atoms with Gasteiger partial charge >= 0.3 is 6.09 Å². The molecule has 1 fully saturated rings. The molecule has 1 amide bonds. The average Bonchev–Trinajstić information content (AvgIpc) is 2.77. The van der Waals surface area contributed by atoms with Crippen LogP contribution in [0.1, 0.15) is 38.3 Å². The number of carbonyl (C=O) groups is 1. The van der Waals surface area contributed by atoms with Gasteiger partial charge in [-0.2, -0.15) is 0 Å². The van der Waals surface area contributed by atoms with Crippen molar-refractivity contribution in [3.05, 3.63) is 52.8 Å². The number of fused-ring (bicyclic) bond motifs is 5. The SMILES string of the molecule is CC(C)OC(=O)N[C@H]1CCCN2c3cc(Cl)ccc3Oc3c(F)cccc3[C@@H]12. The van der Waals surface area contributed by atoms with Crippen LogP contribution < -0.4 is 15.0 Å². The van der Waals surface area contributed by atoms with Crippen LogP contribution >= 0.6 is 11.6 Å². The molecular formula is C21H22ClFN2O3. The maximum atomic E-state index is 14.7. The number of piperidine rings is 1. The van der Waals surface area contributed by atoms with Gasteiger partial charge in [0.2, 0.25) is 0 Å². The Hall–Kier alpha value is -2.47. The molecule has 0 aromatic heterocycles. The second-order valence-corrected chi connectivity index (χ2v) is 7.79. The summed E-state index contributed by atoms with van der Waals surface area (Å²) in [6, 6.07) is 9.63. The summed E-state index contributed by atoms with van der Waals surface area (Å²) in [5.74, 6) is 0.294. The molecule has 2 aliphatic rings. The van der Waals surface area contributed by atoms with E-state index in [0.29, 0.717) is 16.3 Å². The Kier molecular flexibility index (Phi) is 5.06. The van der Waals surface area contributed by atoms with Gasteiger partial charge in [0.05, 0.1) is 23.9 Å². The van der Waals surface area contributed by atoms with Crippen LogP contribution in [-0.2, 0) is 4.74 Å². The summed E-state index contributed by atoms with van der Waals surface area (Å²) in [5, 5.41) is 3.54. The molecule has 2 atom stereocenters. The molecule has 0 spiro atoms. The molecule has 0 bridgehead atoms. The van der Waals surface area contributed by atoms with Crippen molar-refractivity contribution in [1.82, 2.24) is 5.32 Å². The predicted octanol–water partition coefficient (Wildman–Crippen LogP) is 5.43. The lowest BCUT2D eigenvalue weighted by Crippen LogP contribution is -2.50. The van der Waals surface area contributed by atoms with Gasteiger partial charge in [0.15, 0.2) is 17.3 Å². The van der Waals surface area contributed by atoms with Crippen LogP contribution in [0.25, 0.3) is 0 Å². The molecule has 2 aromatic rings. The van der Waals surface area contributed by atoms with Crippen molar-refractivity contribution in [2.75, 3.05) is 11.4 Å². The van der Waals surface area contributed by atoms with E-state index in [1.54, 1.807) is 32.0 Å². The van der Waals surface area contributed by atoms with Crippen LogP contribution in [0.2, 0.25) is 5.02 Å². The normalized spacial score (nSPS) is 20.4. The first-order valence-electron chi connectivity index (χ1n) is 9.43. The third kappa shape index (κ3) is 3.49. The van der Waals surface area contributed by atoms with Crippen molar-refractivity contribution < 1.29 is 18.7 Å². The average molecular weight is 405 g/mol. The van der Waals surface area contributed by atoms with Crippen LogP contribution in [0.15, 0.2) is 36.4 Å². The maximum absolute atomic E-state index is 14.7. The molecule has 0 saturated carbocycles. The number of nitrogens with zero attached hydrogens (tertiary/aromatic N) is 1. The zero-order chi connectivity index (χ0) is 19.8. The summed E-state index contributed by atoms with van der Waals surface area (Å²) in [5.41, 5.74) is 1.48. The van der Waals surface area contributed by atoms with Gasteiger partial charge in [-0.15, -0.1) is 0 Å². The molecular weight excluding hydrogens is 383 g/mol. The number of amides is 1. The smallest absolute Gasteiger partial charge is 0.407 e. The zero-order valence-electron chi connectivity index (χ0n) is 15.7. The largest absolute Gasteiger partial charge is 0.452 e. The highest BCUT2D eigenvalue weighted by atomic mass is 35.5. The minimum Gasteiger partial charge on any atom is -0.452 e. The number of carbonyl (C=O) groups excluding carboxylic acids is 1. The van der Waals surface area contributed by atoms with Gasteiger partial charge in [-0.3, -0.25) is 0 Å². The molecule has 0 aliphatic carbocycles. The van der Waals surface area contributed by atoms with Crippen LogP contribution in [0.5, 0.6) is 11.5 Å². The molecule has 7 heteroatoms. The molecule has 2 aromatic carbocycles. The number of benzene rings is 2. The van der Waals surface area contributed by atoms with E-state index in [-0.39, 0.29) is 23.9 Å². The fourth-order valence-corrected chi connectivity index (χ4v) is 4.14. The molecule has 2 aliphatic heterocycles. The summed E-state index contributed by atoms with van der Waals surface area (Å²) in [6.07, 6.45) is 0.914. The summed E-state index contributed by atoms with van der Waals surface area (Å²) in [6.45, 7) is 4.35. The summed E-state index contributed by atoms with van der Waals surface area (Å²) in [7, 11) is 0. The van der Waals surface area contributed by atoms with Gasteiger partial charge in [-0.05, 0) is 51.0 Å². The third-order valence-corrected chi connectivity index (χ3v) is 5.27. The molecule has 0 radical (unpaired) electrons. The van der Waals surface area contributed by atoms with E-state index in [9.17, 15) is 9.18 Å². The minimum absolute atomic E-state index is 0.185. The fourth-order valence-electron chi connectivity index (χ4n) is 3.98. The number of para-hydroxylation sites is 1. The molecule has 28 heavy (non-hydrogen) atoms. The first-order valence-corrected chi connectivity index (χ1v) is 9.81. The molecule has 4 rings (SSSR count). The molecule has 5 nitrogen and oxygen atoms in total. The molecule has 1 N–H and O–H groups in total. The van der Waals surface area contributed by atoms with Gasteiger partial charge in [0.1, 0.15) is 0 Å². The van der Waals surface area contributed by atoms with Gasteiger partial charge in [-0.1, -0.05) is 23.7 Å². The number of hydrogen-bond donors (Lipinski definition) is 1. The third-order valence-electron chi connectivity index (χ3n) is 5.04. The monoisotopic (exact) mass is 404 g/mol. The van der Waals surface area contributed by atoms with Crippen molar-refractivity contribution in [2.24, 2.45) is 0 Å².